The van der Waals surface area contributed by atoms with Crippen molar-refractivity contribution in [1.29, 1.82) is 0 Å². The first kappa shape index (κ1) is 13.3. The second kappa shape index (κ2) is 4.71. The van der Waals surface area contributed by atoms with Crippen molar-refractivity contribution in [3.05, 3.63) is 11.6 Å². The van der Waals surface area contributed by atoms with E-state index < -0.39 is 10.0 Å². The number of thiazole rings is 1. The first-order chi connectivity index (χ1) is 9.01. The molecule has 3 rings (SSSR count). The van der Waals surface area contributed by atoms with Crippen LogP contribution in [0.25, 0.3) is 0 Å². The lowest BCUT2D eigenvalue weighted by Gasteiger charge is -2.44. The predicted octanol–water partition coefficient (Wildman–Crippen LogP) is 1.54. The van der Waals surface area contributed by atoms with Crippen LogP contribution in [0.4, 0.5) is 5.13 Å². The Labute approximate surface area is 118 Å². The third-order valence-electron chi connectivity index (χ3n) is 4.18. The van der Waals surface area contributed by atoms with Crippen molar-refractivity contribution in [2.75, 3.05) is 30.8 Å². The molecule has 2 fully saturated rings. The number of anilines is 1. The molecular weight excluding hydrogens is 282 g/mol. The first-order valence-corrected chi connectivity index (χ1v) is 9.36. The van der Waals surface area contributed by atoms with Gasteiger partial charge in [-0.05, 0) is 25.7 Å². The maximum Gasteiger partial charge on any atom is 0.211 e. The summed E-state index contributed by atoms with van der Waals surface area (Å²) in [4.78, 5) is 6.61. The third kappa shape index (κ3) is 2.39. The first-order valence-electron chi connectivity index (χ1n) is 6.64. The Kier molecular flexibility index (Phi) is 3.31. The Hall–Kier alpha value is -0.660. The lowest BCUT2D eigenvalue weighted by molar-refractivity contribution is 0.204. The molecule has 2 aliphatic rings. The number of sulfonamides is 1. The maximum atomic E-state index is 12.0. The third-order valence-corrected chi connectivity index (χ3v) is 6.38. The zero-order chi connectivity index (χ0) is 13.5. The molecule has 5 nitrogen and oxygen atoms in total. The highest BCUT2D eigenvalue weighted by Gasteiger charge is 2.48. The van der Waals surface area contributed by atoms with Gasteiger partial charge in [-0.3, -0.25) is 0 Å². The van der Waals surface area contributed by atoms with Crippen molar-refractivity contribution in [2.45, 2.75) is 31.2 Å². The Balaban J connectivity index is 1.88. The average Bonchev–Trinajstić information content (AvgIpc) is 2.97. The van der Waals surface area contributed by atoms with Crippen molar-refractivity contribution >= 4 is 26.5 Å². The van der Waals surface area contributed by atoms with Crippen LogP contribution in [0.1, 0.15) is 25.7 Å². The highest BCUT2D eigenvalue weighted by atomic mass is 32.2. The Morgan fingerprint density at radius 1 is 1.32 bits per heavy atom. The van der Waals surface area contributed by atoms with E-state index in [1.165, 1.54) is 6.26 Å². The van der Waals surface area contributed by atoms with Crippen LogP contribution in [0.5, 0.6) is 0 Å². The number of piperidine rings is 1. The molecule has 2 aliphatic heterocycles. The fourth-order valence-corrected chi connectivity index (χ4v) is 5.56. The van der Waals surface area contributed by atoms with Crippen LogP contribution in [-0.4, -0.2) is 49.1 Å². The summed E-state index contributed by atoms with van der Waals surface area (Å²) < 4.78 is 25.7. The number of hydrogen-bond donors (Lipinski definition) is 0. The molecule has 1 unspecified atom stereocenters. The Morgan fingerprint density at radius 2 is 2.05 bits per heavy atom. The summed E-state index contributed by atoms with van der Waals surface area (Å²) in [6, 6.07) is 0. The van der Waals surface area contributed by atoms with E-state index in [4.69, 9.17) is 0 Å². The molecule has 106 valence electrons. The van der Waals surface area contributed by atoms with Gasteiger partial charge < -0.3 is 4.90 Å². The SMILES string of the molecule is CS(=O)(=O)N1CCCC12CCCN(c1nccs1)C2. The van der Waals surface area contributed by atoms with Gasteiger partial charge in [0, 0.05) is 31.2 Å². The van der Waals surface area contributed by atoms with E-state index in [-0.39, 0.29) is 5.54 Å². The van der Waals surface area contributed by atoms with E-state index in [9.17, 15) is 8.42 Å². The molecule has 0 saturated carbocycles. The van der Waals surface area contributed by atoms with Crippen molar-refractivity contribution in [3.63, 3.8) is 0 Å². The molecule has 0 N–H and O–H groups in total. The topological polar surface area (TPSA) is 53.5 Å². The molecule has 0 aliphatic carbocycles. The van der Waals surface area contributed by atoms with E-state index in [1.54, 1.807) is 15.6 Å². The Bertz CT molecular complexity index is 543. The van der Waals surface area contributed by atoms with Crippen LogP contribution >= 0.6 is 11.3 Å². The summed E-state index contributed by atoms with van der Waals surface area (Å²) in [6.07, 6.45) is 7.10. The van der Waals surface area contributed by atoms with Crippen LogP contribution < -0.4 is 4.90 Å². The van der Waals surface area contributed by atoms with Crippen LogP contribution in [0, 0.1) is 0 Å². The normalized spacial score (nSPS) is 29.2. The van der Waals surface area contributed by atoms with Gasteiger partial charge in [-0.15, -0.1) is 11.3 Å². The van der Waals surface area contributed by atoms with Gasteiger partial charge in [0.05, 0.1) is 11.8 Å². The second-order valence-corrected chi connectivity index (χ2v) is 8.28. The van der Waals surface area contributed by atoms with Crippen LogP contribution in [-0.2, 0) is 10.0 Å². The van der Waals surface area contributed by atoms with Crippen molar-refractivity contribution < 1.29 is 8.42 Å². The van der Waals surface area contributed by atoms with Crippen molar-refractivity contribution in [3.8, 4) is 0 Å². The van der Waals surface area contributed by atoms with E-state index in [2.05, 4.69) is 9.88 Å². The fourth-order valence-electron chi connectivity index (χ4n) is 3.49. The highest BCUT2D eigenvalue weighted by Crippen LogP contribution is 2.40. The minimum absolute atomic E-state index is 0.197. The lowest BCUT2D eigenvalue weighted by atomic mass is 9.88. The van der Waals surface area contributed by atoms with Gasteiger partial charge in [0.2, 0.25) is 10.0 Å². The summed E-state index contributed by atoms with van der Waals surface area (Å²) in [6.45, 7) is 2.44. The van der Waals surface area contributed by atoms with E-state index in [1.807, 2.05) is 11.6 Å². The van der Waals surface area contributed by atoms with Crippen molar-refractivity contribution in [2.24, 2.45) is 0 Å². The maximum absolute atomic E-state index is 12.0. The minimum atomic E-state index is -3.11. The molecule has 1 atom stereocenters. The second-order valence-electron chi connectivity index (χ2n) is 5.50. The number of rotatable bonds is 2. The van der Waals surface area contributed by atoms with Gasteiger partial charge in [0.15, 0.2) is 5.13 Å². The van der Waals surface area contributed by atoms with E-state index in [0.717, 1.165) is 43.9 Å². The summed E-state index contributed by atoms with van der Waals surface area (Å²) in [5.41, 5.74) is -0.197. The molecule has 1 aromatic heterocycles. The average molecular weight is 301 g/mol. The van der Waals surface area contributed by atoms with E-state index in [0.29, 0.717) is 6.54 Å². The molecule has 3 heterocycles. The summed E-state index contributed by atoms with van der Waals surface area (Å²) in [5, 5.41) is 2.99. The summed E-state index contributed by atoms with van der Waals surface area (Å²) >= 11 is 1.63. The van der Waals surface area contributed by atoms with Crippen molar-refractivity contribution in [1.82, 2.24) is 9.29 Å². The predicted molar refractivity (Wildman–Crippen MR) is 77.1 cm³/mol. The number of nitrogens with zero attached hydrogens (tertiary/aromatic N) is 3. The van der Waals surface area contributed by atoms with Gasteiger partial charge in [0.25, 0.3) is 0 Å². The fraction of sp³-hybridized carbons (Fsp3) is 0.750. The van der Waals surface area contributed by atoms with Gasteiger partial charge in [-0.2, -0.15) is 4.31 Å². The van der Waals surface area contributed by atoms with Gasteiger partial charge >= 0.3 is 0 Å². The highest BCUT2D eigenvalue weighted by molar-refractivity contribution is 7.88. The quantitative estimate of drug-likeness (QED) is 0.831. The van der Waals surface area contributed by atoms with E-state index >= 15 is 0 Å². The van der Waals surface area contributed by atoms with Gasteiger partial charge in [0.1, 0.15) is 0 Å². The molecular formula is C12H19N3O2S2. The molecule has 0 amide bonds. The molecule has 7 heteroatoms. The molecule has 0 aromatic carbocycles. The minimum Gasteiger partial charge on any atom is -0.346 e. The lowest BCUT2D eigenvalue weighted by Crippen LogP contribution is -2.57. The molecule has 2 saturated heterocycles. The van der Waals surface area contributed by atoms with Gasteiger partial charge in [-0.25, -0.2) is 13.4 Å². The van der Waals surface area contributed by atoms with Gasteiger partial charge in [-0.1, -0.05) is 0 Å². The molecule has 0 radical (unpaired) electrons. The zero-order valence-corrected chi connectivity index (χ0v) is 12.7. The zero-order valence-electron chi connectivity index (χ0n) is 11.1. The number of aromatic nitrogens is 1. The molecule has 1 aromatic rings. The smallest absolute Gasteiger partial charge is 0.211 e. The molecule has 0 bridgehead atoms. The summed E-state index contributed by atoms with van der Waals surface area (Å²) in [7, 11) is -3.11. The van der Waals surface area contributed by atoms with Crippen LogP contribution in [0.2, 0.25) is 0 Å². The Morgan fingerprint density at radius 3 is 2.68 bits per heavy atom. The molecule has 1 spiro atoms. The monoisotopic (exact) mass is 301 g/mol. The molecule has 19 heavy (non-hydrogen) atoms. The van der Waals surface area contributed by atoms with Crippen LogP contribution in [0.15, 0.2) is 11.6 Å². The standard InChI is InChI=1S/C12H19N3O2S2/c1-19(16,17)15-8-3-5-12(15)4-2-7-14(10-12)11-13-6-9-18-11/h6,9H,2-5,7-8,10H2,1H3. The van der Waals surface area contributed by atoms with Crippen LogP contribution in [0.3, 0.4) is 0 Å². The number of hydrogen-bond acceptors (Lipinski definition) is 5. The summed E-state index contributed by atoms with van der Waals surface area (Å²) in [5.74, 6) is 0. The largest absolute Gasteiger partial charge is 0.346 e.